The number of carbonyl (C=O) groups is 1. The highest BCUT2D eigenvalue weighted by Crippen LogP contribution is 2.21. The second-order valence-corrected chi connectivity index (χ2v) is 3.88. The van der Waals surface area contributed by atoms with Crippen LogP contribution in [0.25, 0.3) is 6.08 Å². The minimum atomic E-state index is -0.198. The topological polar surface area (TPSA) is 29.1 Å². The van der Waals surface area contributed by atoms with Gasteiger partial charge in [0, 0.05) is 22.7 Å². The van der Waals surface area contributed by atoms with E-state index >= 15 is 0 Å². The molecule has 0 aliphatic carbocycles. The molecule has 0 saturated carbocycles. The Kier molecular flexibility index (Phi) is 5.09. The predicted molar refractivity (Wildman–Crippen MR) is 68.7 cm³/mol. The summed E-state index contributed by atoms with van der Waals surface area (Å²) in [7, 11) is 0. The zero-order valence-corrected chi connectivity index (χ0v) is 10.1. The molecule has 0 unspecified atom stereocenters. The first-order chi connectivity index (χ1) is 7.63. The van der Waals surface area contributed by atoms with Gasteiger partial charge in [-0.05, 0) is 29.8 Å². The van der Waals surface area contributed by atoms with E-state index in [-0.39, 0.29) is 5.91 Å². The molecule has 1 aromatic rings. The number of benzene rings is 1. The van der Waals surface area contributed by atoms with Crippen LogP contribution in [0.2, 0.25) is 10.0 Å². The van der Waals surface area contributed by atoms with E-state index in [2.05, 4.69) is 11.9 Å². The van der Waals surface area contributed by atoms with Gasteiger partial charge in [0.2, 0.25) is 5.91 Å². The number of hydrogen-bond acceptors (Lipinski definition) is 1. The molecule has 0 aliphatic heterocycles. The fourth-order valence-electron chi connectivity index (χ4n) is 1.04. The molecule has 1 aromatic carbocycles. The Morgan fingerprint density at radius 3 is 2.88 bits per heavy atom. The molecule has 0 atom stereocenters. The highest BCUT2D eigenvalue weighted by Gasteiger charge is 1.98. The van der Waals surface area contributed by atoms with Crippen LogP contribution in [0.4, 0.5) is 0 Å². The minimum absolute atomic E-state index is 0.198. The third-order valence-corrected chi connectivity index (χ3v) is 2.37. The third-order valence-electron chi connectivity index (χ3n) is 1.79. The number of rotatable bonds is 4. The Labute approximate surface area is 105 Å². The Morgan fingerprint density at radius 1 is 1.44 bits per heavy atom. The molecule has 0 saturated heterocycles. The van der Waals surface area contributed by atoms with Crippen molar-refractivity contribution in [3.8, 4) is 0 Å². The van der Waals surface area contributed by atoms with Gasteiger partial charge in [-0.3, -0.25) is 4.79 Å². The van der Waals surface area contributed by atoms with Gasteiger partial charge in [0.25, 0.3) is 0 Å². The van der Waals surface area contributed by atoms with E-state index in [9.17, 15) is 4.79 Å². The second kappa shape index (κ2) is 6.36. The van der Waals surface area contributed by atoms with E-state index < -0.39 is 0 Å². The van der Waals surface area contributed by atoms with Crippen LogP contribution in [0, 0.1) is 0 Å². The number of carbonyl (C=O) groups excluding carboxylic acids is 1. The SMILES string of the molecule is C=CCNC(=O)/C=C/c1cc(Cl)ccc1Cl. The van der Waals surface area contributed by atoms with Gasteiger partial charge < -0.3 is 5.32 Å². The van der Waals surface area contributed by atoms with E-state index in [1.54, 1.807) is 30.4 Å². The van der Waals surface area contributed by atoms with Crippen molar-refractivity contribution in [1.82, 2.24) is 5.32 Å². The van der Waals surface area contributed by atoms with Crippen LogP contribution in [-0.2, 0) is 4.79 Å². The Bertz CT molecular complexity index is 427. The molecule has 1 amide bonds. The van der Waals surface area contributed by atoms with Crippen molar-refractivity contribution in [1.29, 1.82) is 0 Å². The molecule has 4 heteroatoms. The average Bonchev–Trinajstić information content (AvgIpc) is 2.27. The molecule has 84 valence electrons. The van der Waals surface area contributed by atoms with E-state index in [1.165, 1.54) is 6.08 Å². The van der Waals surface area contributed by atoms with Crippen molar-refractivity contribution in [2.45, 2.75) is 0 Å². The number of amides is 1. The smallest absolute Gasteiger partial charge is 0.244 e. The summed E-state index contributed by atoms with van der Waals surface area (Å²) in [6.07, 6.45) is 4.63. The molecule has 1 rings (SSSR count). The normalized spacial score (nSPS) is 10.4. The Hall–Kier alpha value is -1.25. The lowest BCUT2D eigenvalue weighted by molar-refractivity contribution is -0.116. The molecule has 0 aliphatic rings. The lowest BCUT2D eigenvalue weighted by Gasteiger charge is -1.99. The van der Waals surface area contributed by atoms with Crippen LogP contribution in [0.1, 0.15) is 5.56 Å². The van der Waals surface area contributed by atoms with Crippen LogP contribution in [0.3, 0.4) is 0 Å². The summed E-state index contributed by atoms with van der Waals surface area (Å²) < 4.78 is 0. The van der Waals surface area contributed by atoms with Crippen LogP contribution in [0.15, 0.2) is 36.9 Å². The fraction of sp³-hybridized carbons (Fsp3) is 0.0833. The van der Waals surface area contributed by atoms with Gasteiger partial charge in [-0.15, -0.1) is 6.58 Å². The standard InChI is InChI=1S/C12H11Cl2NO/c1-2-7-15-12(16)6-3-9-8-10(13)4-5-11(9)14/h2-6,8H,1,7H2,(H,15,16)/b6-3+. The third kappa shape index (κ3) is 4.09. The zero-order chi connectivity index (χ0) is 12.0. The molecule has 0 fully saturated rings. The fourth-order valence-corrected chi connectivity index (χ4v) is 1.40. The monoisotopic (exact) mass is 255 g/mol. The van der Waals surface area contributed by atoms with Gasteiger partial charge in [0.1, 0.15) is 0 Å². The summed E-state index contributed by atoms with van der Waals surface area (Å²) in [5.74, 6) is -0.198. The number of halogens is 2. The summed E-state index contributed by atoms with van der Waals surface area (Å²) in [4.78, 5) is 11.2. The molecule has 0 aromatic heterocycles. The summed E-state index contributed by atoms with van der Waals surface area (Å²) in [6.45, 7) is 3.94. The van der Waals surface area contributed by atoms with E-state index in [0.29, 0.717) is 22.2 Å². The van der Waals surface area contributed by atoms with Crippen molar-refractivity contribution < 1.29 is 4.79 Å². The minimum Gasteiger partial charge on any atom is -0.349 e. The largest absolute Gasteiger partial charge is 0.349 e. The van der Waals surface area contributed by atoms with Crippen LogP contribution in [-0.4, -0.2) is 12.5 Å². The van der Waals surface area contributed by atoms with Gasteiger partial charge in [-0.2, -0.15) is 0 Å². The van der Waals surface area contributed by atoms with Gasteiger partial charge in [-0.1, -0.05) is 29.3 Å². The molecular weight excluding hydrogens is 245 g/mol. The molecule has 0 heterocycles. The number of hydrogen-bond donors (Lipinski definition) is 1. The van der Waals surface area contributed by atoms with E-state index in [1.807, 2.05) is 0 Å². The summed E-state index contributed by atoms with van der Waals surface area (Å²) in [6, 6.07) is 5.07. The molecule has 2 nitrogen and oxygen atoms in total. The van der Waals surface area contributed by atoms with Crippen LogP contribution in [0.5, 0.6) is 0 Å². The molecular formula is C12H11Cl2NO. The van der Waals surface area contributed by atoms with Gasteiger partial charge in [0.05, 0.1) is 0 Å². The maximum atomic E-state index is 11.2. The predicted octanol–water partition coefficient (Wildman–Crippen LogP) is 3.31. The van der Waals surface area contributed by atoms with Crippen LogP contribution < -0.4 is 5.32 Å². The molecule has 16 heavy (non-hydrogen) atoms. The van der Waals surface area contributed by atoms with Crippen LogP contribution >= 0.6 is 23.2 Å². The second-order valence-electron chi connectivity index (χ2n) is 3.03. The first kappa shape index (κ1) is 12.8. The lowest BCUT2D eigenvalue weighted by Crippen LogP contribution is -2.20. The molecule has 0 spiro atoms. The maximum absolute atomic E-state index is 11.2. The number of nitrogens with one attached hydrogen (secondary N) is 1. The zero-order valence-electron chi connectivity index (χ0n) is 8.54. The van der Waals surface area contributed by atoms with E-state index in [4.69, 9.17) is 23.2 Å². The molecule has 0 radical (unpaired) electrons. The first-order valence-electron chi connectivity index (χ1n) is 4.65. The van der Waals surface area contributed by atoms with Crippen molar-refractivity contribution in [3.63, 3.8) is 0 Å². The quantitative estimate of drug-likeness (QED) is 0.649. The molecule has 1 N–H and O–H groups in total. The van der Waals surface area contributed by atoms with Crippen molar-refractivity contribution in [2.24, 2.45) is 0 Å². The van der Waals surface area contributed by atoms with Gasteiger partial charge in [0.15, 0.2) is 0 Å². The van der Waals surface area contributed by atoms with Gasteiger partial charge in [-0.25, -0.2) is 0 Å². The molecule has 0 bridgehead atoms. The van der Waals surface area contributed by atoms with E-state index in [0.717, 1.165) is 0 Å². The van der Waals surface area contributed by atoms with Gasteiger partial charge >= 0.3 is 0 Å². The summed E-state index contributed by atoms with van der Waals surface area (Å²) >= 11 is 11.7. The van der Waals surface area contributed by atoms with Crippen molar-refractivity contribution >= 4 is 35.2 Å². The lowest BCUT2D eigenvalue weighted by atomic mass is 10.2. The summed E-state index contributed by atoms with van der Waals surface area (Å²) in [5.41, 5.74) is 0.711. The summed E-state index contributed by atoms with van der Waals surface area (Å²) in [5, 5.41) is 3.75. The Balaban J connectivity index is 2.71. The maximum Gasteiger partial charge on any atom is 0.244 e. The van der Waals surface area contributed by atoms with Crippen molar-refractivity contribution in [2.75, 3.05) is 6.54 Å². The highest BCUT2D eigenvalue weighted by atomic mass is 35.5. The highest BCUT2D eigenvalue weighted by molar-refractivity contribution is 6.34. The Morgan fingerprint density at radius 2 is 2.19 bits per heavy atom. The van der Waals surface area contributed by atoms with Crippen molar-refractivity contribution in [3.05, 3.63) is 52.5 Å². The average molecular weight is 256 g/mol. The first-order valence-corrected chi connectivity index (χ1v) is 5.41.